The Balaban J connectivity index is 4.54. The van der Waals surface area contributed by atoms with Crippen LogP contribution in [0.5, 0.6) is 0 Å². The van der Waals surface area contributed by atoms with E-state index in [0.717, 1.165) is 4.90 Å². The lowest BCUT2D eigenvalue weighted by Crippen LogP contribution is -2.49. The van der Waals surface area contributed by atoms with Crippen LogP contribution in [0.1, 0.15) is 33.6 Å². The van der Waals surface area contributed by atoms with Gasteiger partial charge >= 0.3 is 12.2 Å². The summed E-state index contributed by atoms with van der Waals surface area (Å²) >= 11 is 0. The summed E-state index contributed by atoms with van der Waals surface area (Å²) in [6, 6.07) is -1.03. The first kappa shape index (κ1) is 20.0. The van der Waals surface area contributed by atoms with Crippen LogP contribution in [0.2, 0.25) is 0 Å². The van der Waals surface area contributed by atoms with Gasteiger partial charge in [0.15, 0.2) is 0 Å². The van der Waals surface area contributed by atoms with Gasteiger partial charge in [-0.15, -0.1) is 0 Å². The Labute approximate surface area is 130 Å². The van der Waals surface area contributed by atoms with Crippen molar-refractivity contribution in [1.82, 2.24) is 10.2 Å². The number of alkyl carbamates (subject to hydrolysis) is 1. The molecule has 0 aliphatic rings. The molecule has 0 heterocycles. The second-order valence-electron chi connectivity index (χ2n) is 5.75. The molecule has 0 radical (unpaired) electrons. The van der Waals surface area contributed by atoms with Crippen LogP contribution >= 0.6 is 0 Å². The maximum atomic E-state index is 11.5. The first-order chi connectivity index (χ1) is 10.1. The Morgan fingerprint density at radius 1 is 1.32 bits per heavy atom. The van der Waals surface area contributed by atoms with E-state index in [1.807, 2.05) is 0 Å². The molecule has 1 atom stereocenters. The van der Waals surface area contributed by atoms with E-state index in [0.29, 0.717) is 13.0 Å². The molecular weight excluding hydrogens is 292 g/mol. The molecule has 0 aromatic carbocycles. The molecule has 0 spiro atoms. The molecule has 0 aromatic heterocycles. The van der Waals surface area contributed by atoms with E-state index in [4.69, 9.17) is 21.3 Å². The molecule has 0 aromatic rings. The molecule has 22 heavy (non-hydrogen) atoms. The molecule has 1 unspecified atom stereocenters. The molecule has 9 heteroatoms. The van der Waals surface area contributed by atoms with Gasteiger partial charge in [-0.25, -0.2) is 9.59 Å². The highest BCUT2D eigenvalue weighted by atomic mass is 16.6. The first-order valence-corrected chi connectivity index (χ1v) is 7.04. The number of nitrogens with one attached hydrogen (secondary N) is 1. The number of carbonyl (C=O) groups excluding carboxylic acids is 2. The largest absolute Gasteiger partial charge is 0.465 e. The molecule has 0 rings (SSSR count). The average Bonchev–Trinajstić information content (AvgIpc) is 2.34. The normalized spacial score (nSPS) is 12.4. The van der Waals surface area contributed by atoms with E-state index < -0.39 is 29.7 Å². The number of carbonyl (C=O) groups is 3. The van der Waals surface area contributed by atoms with Crippen LogP contribution in [0.25, 0.3) is 0 Å². The van der Waals surface area contributed by atoms with Crippen molar-refractivity contribution in [1.29, 1.82) is 0 Å². The van der Waals surface area contributed by atoms with Gasteiger partial charge in [0.1, 0.15) is 11.6 Å². The topological polar surface area (TPSA) is 148 Å². The quantitative estimate of drug-likeness (QED) is 0.498. The number of nitrogens with zero attached hydrogens (tertiary/aromatic N) is 1. The zero-order valence-electron chi connectivity index (χ0n) is 13.3. The Morgan fingerprint density at radius 2 is 1.91 bits per heavy atom. The molecule has 0 aliphatic heterocycles. The van der Waals surface area contributed by atoms with Crippen molar-refractivity contribution >= 4 is 18.1 Å². The molecule has 0 aliphatic carbocycles. The van der Waals surface area contributed by atoms with Crippen LogP contribution in [0.4, 0.5) is 9.59 Å². The molecule has 0 saturated carbocycles. The van der Waals surface area contributed by atoms with Crippen molar-refractivity contribution in [3.63, 3.8) is 0 Å². The summed E-state index contributed by atoms with van der Waals surface area (Å²) in [6.45, 7) is 5.62. The minimum Gasteiger partial charge on any atom is -0.465 e. The number of amides is 3. The summed E-state index contributed by atoms with van der Waals surface area (Å²) in [4.78, 5) is 35.1. The van der Waals surface area contributed by atoms with E-state index in [1.54, 1.807) is 20.8 Å². The highest BCUT2D eigenvalue weighted by Crippen LogP contribution is 2.08. The van der Waals surface area contributed by atoms with Crippen LogP contribution in [0, 0.1) is 0 Å². The fraction of sp³-hybridized carbons (Fsp3) is 0.769. The fourth-order valence-electron chi connectivity index (χ4n) is 1.72. The summed E-state index contributed by atoms with van der Waals surface area (Å²) < 4.78 is 5.04. The van der Waals surface area contributed by atoms with E-state index in [9.17, 15) is 14.4 Å². The number of hydrogen-bond acceptors (Lipinski definition) is 5. The number of nitrogens with two attached hydrogens (primary N) is 2. The maximum Gasteiger partial charge on any atom is 0.407 e. The van der Waals surface area contributed by atoms with Gasteiger partial charge in [0.05, 0.1) is 0 Å². The summed E-state index contributed by atoms with van der Waals surface area (Å²) in [5, 5.41) is 11.6. The molecule has 128 valence electrons. The summed E-state index contributed by atoms with van der Waals surface area (Å²) in [7, 11) is 0. The lowest BCUT2D eigenvalue weighted by atomic mass is 10.1. The fourth-order valence-corrected chi connectivity index (χ4v) is 1.72. The van der Waals surface area contributed by atoms with Crippen LogP contribution in [-0.4, -0.2) is 59.4 Å². The van der Waals surface area contributed by atoms with Crippen molar-refractivity contribution in [2.75, 3.05) is 19.6 Å². The van der Waals surface area contributed by atoms with Crippen LogP contribution in [0.15, 0.2) is 0 Å². The molecule has 0 bridgehead atoms. The Morgan fingerprint density at radius 3 is 2.32 bits per heavy atom. The number of carboxylic acid groups (broad SMARTS) is 1. The molecular formula is C13H26N4O5. The zero-order valence-corrected chi connectivity index (χ0v) is 13.3. The van der Waals surface area contributed by atoms with Crippen molar-refractivity contribution in [2.24, 2.45) is 11.5 Å². The first-order valence-electron chi connectivity index (χ1n) is 7.04. The molecule has 9 nitrogen and oxygen atoms in total. The Bertz CT molecular complexity index is 394. The third-order valence-corrected chi connectivity index (χ3v) is 2.64. The number of rotatable bonds is 8. The van der Waals surface area contributed by atoms with Crippen LogP contribution in [-0.2, 0) is 9.53 Å². The summed E-state index contributed by atoms with van der Waals surface area (Å²) in [5.74, 6) is -0.773. The highest BCUT2D eigenvalue weighted by Gasteiger charge is 2.27. The van der Waals surface area contributed by atoms with Gasteiger partial charge in [0.25, 0.3) is 0 Å². The van der Waals surface area contributed by atoms with Crippen LogP contribution in [0.3, 0.4) is 0 Å². The van der Waals surface area contributed by atoms with Gasteiger partial charge in [-0.1, -0.05) is 0 Å². The molecule has 0 fully saturated rings. The number of hydrogen-bond donors (Lipinski definition) is 4. The molecule has 3 amide bonds. The van der Waals surface area contributed by atoms with Gasteiger partial charge in [-0.2, -0.15) is 0 Å². The maximum absolute atomic E-state index is 11.5. The lowest BCUT2D eigenvalue weighted by molar-refractivity contribution is -0.122. The smallest absolute Gasteiger partial charge is 0.407 e. The summed E-state index contributed by atoms with van der Waals surface area (Å²) in [6.07, 6.45) is -1.42. The lowest BCUT2D eigenvalue weighted by Gasteiger charge is -2.27. The Kier molecular flexibility index (Phi) is 8.24. The van der Waals surface area contributed by atoms with Gasteiger partial charge in [0, 0.05) is 13.1 Å². The van der Waals surface area contributed by atoms with Gasteiger partial charge in [-0.3, -0.25) is 9.69 Å². The van der Waals surface area contributed by atoms with Gasteiger partial charge in [0.2, 0.25) is 5.91 Å². The SMILES string of the molecule is CC(C)(C)OC(=O)NCCC(C(N)=O)N(CCCN)C(=O)O. The molecule has 6 N–H and O–H groups in total. The summed E-state index contributed by atoms with van der Waals surface area (Å²) in [5.41, 5.74) is 9.95. The van der Waals surface area contributed by atoms with Gasteiger partial charge < -0.3 is 26.6 Å². The van der Waals surface area contributed by atoms with E-state index in [1.165, 1.54) is 0 Å². The molecule has 0 saturated heterocycles. The predicted molar refractivity (Wildman–Crippen MR) is 80.2 cm³/mol. The second-order valence-corrected chi connectivity index (χ2v) is 5.75. The van der Waals surface area contributed by atoms with E-state index >= 15 is 0 Å². The standard InChI is InChI=1S/C13H26N4O5/c1-13(2,3)22-11(19)16-7-5-9(10(15)18)17(12(20)21)8-4-6-14/h9H,4-8,14H2,1-3H3,(H2,15,18)(H,16,19)(H,20,21). The Hall–Kier alpha value is -2.03. The minimum atomic E-state index is -1.26. The minimum absolute atomic E-state index is 0.0610. The number of primary amides is 1. The van der Waals surface area contributed by atoms with Crippen molar-refractivity contribution in [2.45, 2.75) is 45.3 Å². The van der Waals surface area contributed by atoms with Crippen molar-refractivity contribution in [3.05, 3.63) is 0 Å². The predicted octanol–water partition coefficient (Wildman–Crippen LogP) is 0.0839. The second kappa shape index (κ2) is 9.08. The zero-order chi connectivity index (χ0) is 17.3. The van der Waals surface area contributed by atoms with E-state index in [2.05, 4.69) is 5.32 Å². The monoisotopic (exact) mass is 318 g/mol. The third kappa shape index (κ3) is 8.30. The van der Waals surface area contributed by atoms with Crippen molar-refractivity contribution < 1.29 is 24.2 Å². The third-order valence-electron chi connectivity index (χ3n) is 2.64. The number of ether oxygens (including phenoxy) is 1. The average molecular weight is 318 g/mol. The van der Waals surface area contributed by atoms with Crippen LogP contribution < -0.4 is 16.8 Å². The highest BCUT2D eigenvalue weighted by molar-refractivity contribution is 5.83. The van der Waals surface area contributed by atoms with Gasteiger partial charge in [-0.05, 0) is 40.2 Å². The van der Waals surface area contributed by atoms with Crippen molar-refractivity contribution in [3.8, 4) is 0 Å². The van der Waals surface area contributed by atoms with E-state index in [-0.39, 0.29) is 19.5 Å².